The first kappa shape index (κ1) is 63.2. The molecule has 0 aliphatic carbocycles. The van der Waals surface area contributed by atoms with E-state index in [1.165, 1.54) is 106 Å². The largest absolute Gasteiger partial charge is 0.493 e. The molecule has 0 aliphatic rings. The molecule has 0 N–H and O–H groups in total. The lowest BCUT2D eigenvalue weighted by atomic mass is 9.74. The molecular formula is C81H90O3. The standard InChI is InChI=1S/C26H30.C20H18O2.C19H24.C16H18O/c1-19-7-11-21(12-8-19)25(3,4)23-15-17-24(18-16-23)26(5,6)22-13-9-20(2)10-14-22;1-15-6-3-8-17(12-15)21-19-10-5-11-20(14-19)22-18-9-4-7-16(2)13-18;1-12-7-18(8-13(2)16(12)5)11-19-9-14(3)17(6)15(4)10-19;1-13-3-7-15(8-4-13)11-12-17-16-9-5-14(2)6-10-16/h7-18H,1-6H3;3-14H,1-2H3;7-10H,11H2,1-6H3;3-10H,11-12H2,1-2H3. The van der Waals surface area contributed by atoms with E-state index in [1.807, 2.05) is 98.8 Å². The SMILES string of the molecule is Cc1cc(Cc2cc(C)c(C)c(C)c2)cc(C)c1C.Cc1ccc(C(C)(C)c2ccc(C(C)(C)c3ccc(C)cc3)cc2)cc1.Cc1ccc(CCOc2ccc(C)cc2)cc1.Cc1cccc(Oc2cccc(Oc3cccc(C)c3)c2)c1. The van der Waals surface area contributed by atoms with Crippen LogP contribution in [0.15, 0.2) is 218 Å². The summed E-state index contributed by atoms with van der Waals surface area (Å²) in [4.78, 5) is 0. The molecule has 10 aromatic rings. The molecule has 0 saturated carbocycles. The number of ether oxygens (including phenoxy) is 3. The van der Waals surface area contributed by atoms with Crippen LogP contribution in [0.4, 0.5) is 0 Å². The minimum Gasteiger partial charge on any atom is -0.493 e. The van der Waals surface area contributed by atoms with Crippen molar-refractivity contribution in [3.8, 4) is 28.7 Å². The van der Waals surface area contributed by atoms with Crippen molar-refractivity contribution in [2.24, 2.45) is 0 Å². The van der Waals surface area contributed by atoms with Gasteiger partial charge in [0.05, 0.1) is 6.61 Å². The van der Waals surface area contributed by atoms with Gasteiger partial charge in [0.2, 0.25) is 0 Å². The summed E-state index contributed by atoms with van der Waals surface area (Å²) < 4.78 is 17.5. The second-order valence-corrected chi connectivity index (χ2v) is 24.2. The molecule has 10 rings (SSSR count). The molecule has 10 aromatic carbocycles. The molecule has 0 aliphatic heterocycles. The third-order valence-corrected chi connectivity index (χ3v) is 16.3. The summed E-state index contributed by atoms with van der Waals surface area (Å²) >= 11 is 0. The molecule has 3 heteroatoms. The molecule has 0 radical (unpaired) electrons. The normalized spacial score (nSPS) is 11.0. The minimum atomic E-state index is 0.000230. The summed E-state index contributed by atoms with van der Waals surface area (Å²) in [5, 5.41) is 0. The lowest BCUT2D eigenvalue weighted by Crippen LogP contribution is -2.21. The van der Waals surface area contributed by atoms with Crippen LogP contribution >= 0.6 is 0 Å². The van der Waals surface area contributed by atoms with Gasteiger partial charge in [0, 0.05) is 23.3 Å². The molecule has 0 fully saturated rings. The number of aryl methyl sites for hydroxylation is 10. The van der Waals surface area contributed by atoms with Crippen LogP contribution in [0.5, 0.6) is 28.7 Å². The van der Waals surface area contributed by atoms with Crippen molar-refractivity contribution in [1.82, 2.24) is 0 Å². The summed E-state index contributed by atoms with van der Waals surface area (Å²) in [5.74, 6) is 4.12. The van der Waals surface area contributed by atoms with Crippen LogP contribution in [-0.4, -0.2) is 6.61 Å². The van der Waals surface area contributed by atoms with Crippen molar-refractivity contribution in [3.63, 3.8) is 0 Å². The fourth-order valence-corrected chi connectivity index (χ4v) is 10.2. The van der Waals surface area contributed by atoms with Crippen LogP contribution in [-0.2, 0) is 23.7 Å². The summed E-state index contributed by atoms with van der Waals surface area (Å²) in [6, 6.07) is 76.7. The predicted octanol–water partition coefficient (Wildman–Crippen LogP) is 21.9. The molecular weight excluding hydrogens is 1020 g/mol. The van der Waals surface area contributed by atoms with Crippen LogP contribution in [0, 0.1) is 83.1 Å². The van der Waals surface area contributed by atoms with Gasteiger partial charge in [-0.05, 0) is 221 Å². The molecule has 0 amide bonds. The lowest BCUT2D eigenvalue weighted by Gasteiger charge is -2.29. The van der Waals surface area contributed by atoms with Gasteiger partial charge in [0.25, 0.3) is 0 Å². The Morgan fingerprint density at radius 3 is 0.917 bits per heavy atom. The molecule has 0 bridgehead atoms. The van der Waals surface area contributed by atoms with E-state index in [1.54, 1.807) is 0 Å². The van der Waals surface area contributed by atoms with Crippen LogP contribution in [0.1, 0.15) is 133 Å². The average Bonchev–Trinajstić information content (AvgIpc) is 3.07. The second kappa shape index (κ2) is 29.2. The highest BCUT2D eigenvalue weighted by molar-refractivity contribution is 5.46. The van der Waals surface area contributed by atoms with E-state index in [9.17, 15) is 0 Å². The maximum absolute atomic E-state index is 5.88. The van der Waals surface area contributed by atoms with Gasteiger partial charge in [-0.2, -0.15) is 0 Å². The highest BCUT2D eigenvalue weighted by atomic mass is 16.5. The van der Waals surface area contributed by atoms with E-state index in [4.69, 9.17) is 14.2 Å². The number of benzene rings is 10. The van der Waals surface area contributed by atoms with Crippen LogP contribution in [0.3, 0.4) is 0 Å². The molecule has 432 valence electrons. The van der Waals surface area contributed by atoms with Crippen molar-refractivity contribution < 1.29 is 14.2 Å². The Labute approximate surface area is 505 Å². The topological polar surface area (TPSA) is 27.7 Å². The van der Waals surface area contributed by atoms with Gasteiger partial charge in [-0.15, -0.1) is 0 Å². The zero-order chi connectivity index (χ0) is 60.6. The fraction of sp³-hybridized carbons (Fsp3) is 0.259. The Bertz CT molecular complexity index is 3410. The monoisotopic (exact) mass is 1110 g/mol. The maximum atomic E-state index is 5.88. The molecule has 0 atom stereocenters. The van der Waals surface area contributed by atoms with Crippen molar-refractivity contribution in [1.29, 1.82) is 0 Å². The number of hydrogen-bond donors (Lipinski definition) is 0. The van der Waals surface area contributed by atoms with Gasteiger partial charge in [-0.25, -0.2) is 0 Å². The summed E-state index contributed by atoms with van der Waals surface area (Å²) in [5.41, 5.74) is 25.5. The number of rotatable bonds is 14. The first-order valence-corrected chi connectivity index (χ1v) is 29.8. The molecule has 0 aromatic heterocycles. The van der Waals surface area contributed by atoms with Crippen LogP contribution in [0.2, 0.25) is 0 Å². The van der Waals surface area contributed by atoms with Gasteiger partial charge >= 0.3 is 0 Å². The first-order chi connectivity index (χ1) is 40.0. The molecule has 0 saturated heterocycles. The Morgan fingerprint density at radius 1 is 0.274 bits per heavy atom. The summed E-state index contributed by atoms with van der Waals surface area (Å²) in [6.07, 6.45) is 1.98. The molecule has 84 heavy (non-hydrogen) atoms. The van der Waals surface area contributed by atoms with Crippen LogP contribution in [0.25, 0.3) is 0 Å². The van der Waals surface area contributed by atoms with E-state index in [0.29, 0.717) is 0 Å². The van der Waals surface area contributed by atoms with E-state index >= 15 is 0 Å². The van der Waals surface area contributed by atoms with Gasteiger partial charge < -0.3 is 14.2 Å². The molecule has 0 spiro atoms. The Morgan fingerprint density at radius 2 is 0.571 bits per heavy atom. The van der Waals surface area contributed by atoms with Crippen molar-refractivity contribution in [2.75, 3.05) is 6.61 Å². The van der Waals surface area contributed by atoms with Gasteiger partial charge in [-0.1, -0.05) is 214 Å². The Balaban J connectivity index is 0.000000163. The van der Waals surface area contributed by atoms with Crippen LogP contribution < -0.4 is 14.2 Å². The first-order valence-electron chi connectivity index (χ1n) is 29.8. The predicted molar refractivity (Wildman–Crippen MR) is 358 cm³/mol. The highest BCUT2D eigenvalue weighted by Crippen LogP contribution is 2.36. The number of hydrogen-bond acceptors (Lipinski definition) is 3. The van der Waals surface area contributed by atoms with Crippen molar-refractivity contribution in [3.05, 3.63) is 324 Å². The van der Waals surface area contributed by atoms with Crippen molar-refractivity contribution in [2.45, 2.75) is 134 Å². The van der Waals surface area contributed by atoms with E-state index in [2.05, 4.69) is 230 Å². The quantitative estimate of drug-likeness (QED) is 0.109. The molecule has 3 nitrogen and oxygen atoms in total. The van der Waals surface area contributed by atoms with Gasteiger partial charge in [-0.3, -0.25) is 0 Å². The zero-order valence-corrected chi connectivity index (χ0v) is 53.1. The Kier molecular flexibility index (Phi) is 22.0. The summed E-state index contributed by atoms with van der Waals surface area (Å²) in [7, 11) is 0. The van der Waals surface area contributed by atoms with E-state index in [0.717, 1.165) is 48.2 Å². The Hall–Kier alpha value is -8.40. The lowest BCUT2D eigenvalue weighted by molar-refractivity contribution is 0.322. The molecule has 0 unspecified atom stereocenters. The third kappa shape index (κ3) is 18.3. The molecule has 0 heterocycles. The van der Waals surface area contributed by atoms with E-state index in [-0.39, 0.29) is 10.8 Å². The fourth-order valence-electron chi connectivity index (χ4n) is 10.2. The highest BCUT2D eigenvalue weighted by Gasteiger charge is 2.26. The minimum absolute atomic E-state index is 0.000230. The second-order valence-electron chi connectivity index (χ2n) is 24.2. The van der Waals surface area contributed by atoms with Crippen molar-refractivity contribution >= 4 is 0 Å². The maximum Gasteiger partial charge on any atom is 0.131 e. The van der Waals surface area contributed by atoms with E-state index < -0.39 is 0 Å². The third-order valence-electron chi connectivity index (χ3n) is 16.3. The summed E-state index contributed by atoms with van der Waals surface area (Å²) in [6.45, 7) is 35.7. The van der Waals surface area contributed by atoms with Gasteiger partial charge in [0.1, 0.15) is 28.7 Å². The smallest absolute Gasteiger partial charge is 0.131 e. The van der Waals surface area contributed by atoms with Gasteiger partial charge in [0.15, 0.2) is 0 Å². The zero-order valence-electron chi connectivity index (χ0n) is 53.1. The average molecular weight is 1110 g/mol.